The second-order valence-corrected chi connectivity index (χ2v) is 9.02. The molecule has 166 valence electrons. The van der Waals surface area contributed by atoms with E-state index in [1.165, 1.54) is 22.3 Å². The number of fused-ring (bicyclic) bond motifs is 2. The maximum atomic E-state index is 13.5. The zero-order valence-electron chi connectivity index (χ0n) is 18.6. The molecule has 3 heteroatoms. The molecular formula is C31H24O3. The highest BCUT2D eigenvalue weighted by Gasteiger charge is 2.33. The molecule has 0 spiro atoms. The first-order valence-corrected chi connectivity index (χ1v) is 11.7. The Morgan fingerprint density at radius 2 is 1.41 bits per heavy atom. The highest BCUT2D eigenvalue weighted by molar-refractivity contribution is 5.78. The molecule has 2 unspecified atom stereocenters. The van der Waals surface area contributed by atoms with Gasteiger partial charge in [-0.25, -0.2) is 0 Å². The van der Waals surface area contributed by atoms with E-state index in [-0.39, 0.29) is 23.2 Å². The molecule has 0 radical (unpaired) electrons. The Hall–Kier alpha value is -4.11. The third-order valence-electron chi connectivity index (χ3n) is 7.07. The van der Waals surface area contributed by atoms with Gasteiger partial charge in [0.15, 0.2) is 5.43 Å². The van der Waals surface area contributed by atoms with E-state index in [4.69, 9.17) is 4.42 Å². The second-order valence-electron chi connectivity index (χ2n) is 9.02. The standard InChI is InChI=1S/C31H24O3/c32-30-26-12-6-7-13-28(26)34-31(33)29(30)27-19-24(18-23-10-4-5-11-25(23)27)22-16-14-21(15-17-22)20-8-2-1-3-9-20/h1-17,24,27,33H,18-19H2. The molecule has 0 fully saturated rings. The summed E-state index contributed by atoms with van der Waals surface area (Å²) in [5, 5.41) is 11.3. The molecule has 5 aromatic rings. The van der Waals surface area contributed by atoms with Crippen molar-refractivity contribution in [3.05, 3.63) is 136 Å². The van der Waals surface area contributed by atoms with Crippen LogP contribution in [0.4, 0.5) is 0 Å². The predicted octanol–water partition coefficient (Wildman–Crippen LogP) is 7.03. The summed E-state index contributed by atoms with van der Waals surface area (Å²) >= 11 is 0. The van der Waals surface area contributed by atoms with Gasteiger partial charge in [-0.1, -0.05) is 91.0 Å². The van der Waals surface area contributed by atoms with E-state index in [0.717, 1.165) is 18.4 Å². The SMILES string of the molecule is O=c1c(C2CC(c3ccc(-c4ccccc4)cc3)Cc3ccccc32)c(O)oc2ccccc12. The Balaban J connectivity index is 1.43. The molecule has 34 heavy (non-hydrogen) atoms. The summed E-state index contributed by atoms with van der Waals surface area (Å²) in [6.07, 6.45) is 1.63. The van der Waals surface area contributed by atoms with Crippen LogP contribution in [0.2, 0.25) is 0 Å². The van der Waals surface area contributed by atoms with Crippen LogP contribution in [0, 0.1) is 0 Å². The highest BCUT2D eigenvalue weighted by atomic mass is 16.5. The van der Waals surface area contributed by atoms with E-state index in [9.17, 15) is 9.90 Å². The summed E-state index contributed by atoms with van der Waals surface area (Å²) in [7, 11) is 0. The molecule has 1 aliphatic carbocycles. The lowest BCUT2D eigenvalue weighted by Gasteiger charge is -2.32. The minimum absolute atomic E-state index is 0.153. The van der Waals surface area contributed by atoms with Crippen molar-refractivity contribution >= 4 is 11.0 Å². The van der Waals surface area contributed by atoms with Gasteiger partial charge < -0.3 is 9.52 Å². The minimum atomic E-state index is -0.274. The van der Waals surface area contributed by atoms with Crippen molar-refractivity contribution in [2.24, 2.45) is 0 Å². The van der Waals surface area contributed by atoms with Gasteiger partial charge in [0.1, 0.15) is 5.58 Å². The number of hydrogen-bond donors (Lipinski definition) is 1. The van der Waals surface area contributed by atoms with Gasteiger partial charge in [0.25, 0.3) is 5.95 Å². The first kappa shape index (κ1) is 20.5. The van der Waals surface area contributed by atoms with Gasteiger partial charge in [0, 0.05) is 5.92 Å². The Morgan fingerprint density at radius 3 is 2.24 bits per heavy atom. The topological polar surface area (TPSA) is 50.4 Å². The van der Waals surface area contributed by atoms with Crippen molar-refractivity contribution in [2.45, 2.75) is 24.7 Å². The first-order valence-electron chi connectivity index (χ1n) is 11.7. The fourth-order valence-corrected chi connectivity index (χ4v) is 5.38. The van der Waals surface area contributed by atoms with Gasteiger partial charge in [-0.2, -0.15) is 0 Å². The van der Waals surface area contributed by atoms with Gasteiger partial charge in [-0.3, -0.25) is 4.79 Å². The summed E-state index contributed by atoms with van der Waals surface area (Å²) in [6, 6.07) is 34.4. The lowest BCUT2D eigenvalue weighted by molar-refractivity contribution is 0.327. The molecule has 0 amide bonds. The summed E-state index contributed by atoms with van der Waals surface area (Å²) in [5.74, 6) is -0.275. The van der Waals surface area contributed by atoms with Crippen molar-refractivity contribution < 1.29 is 9.52 Å². The molecule has 0 bridgehead atoms. The van der Waals surface area contributed by atoms with Gasteiger partial charge in [-0.05, 0) is 58.7 Å². The normalized spacial score (nSPS) is 17.4. The van der Waals surface area contributed by atoms with Crippen LogP contribution in [-0.4, -0.2) is 5.11 Å². The fourth-order valence-electron chi connectivity index (χ4n) is 5.38. The van der Waals surface area contributed by atoms with Crippen LogP contribution in [0.15, 0.2) is 112 Å². The molecule has 1 heterocycles. The fraction of sp³-hybridized carbons (Fsp3) is 0.129. The Labute approximate surface area is 197 Å². The van der Waals surface area contributed by atoms with E-state index >= 15 is 0 Å². The quantitative estimate of drug-likeness (QED) is 0.325. The molecule has 1 aromatic heterocycles. The molecule has 1 aliphatic rings. The molecule has 0 saturated carbocycles. The molecule has 3 nitrogen and oxygen atoms in total. The van der Waals surface area contributed by atoms with Crippen LogP contribution in [-0.2, 0) is 6.42 Å². The monoisotopic (exact) mass is 444 g/mol. The Bertz CT molecular complexity index is 1530. The van der Waals surface area contributed by atoms with Gasteiger partial charge in [0.05, 0.1) is 10.9 Å². The summed E-state index contributed by atoms with van der Waals surface area (Å²) in [6.45, 7) is 0. The highest BCUT2D eigenvalue weighted by Crippen LogP contribution is 2.45. The third kappa shape index (κ3) is 3.50. The number of rotatable bonds is 3. The zero-order chi connectivity index (χ0) is 23.1. The summed E-state index contributed by atoms with van der Waals surface area (Å²) in [5.41, 5.74) is 6.54. The zero-order valence-corrected chi connectivity index (χ0v) is 18.6. The summed E-state index contributed by atoms with van der Waals surface area (Å²) in [4.78, 5) is 13.5. The van der Waals surface area contributed by atoms with Crippen molar-refractivity contribution in [3.63, 3.8) is 0 Å². The minimum Gasteiger partial charge on any atom is -0.480 e. The largest absolute Gasteiger partial charge is 0.480 e. The summed E-state index contributed by atoms with van der Waals surface area (Å²) < 4.78 is 5.70. The van der Waals surface area contributed by atoms with E-state index in [2.05, 4.69) is 48.5 Å². The van der Waals surface area contributed by atoms with Crippen molar-refractivity contribution in [3.8, 4) is 17.1 Å². The Morgan fingerprint density at radius 1 is 0.735 bits per heavy atom. The number of para-hydroxylation sites is 1. The van der Waals surface area contributed by atoms with Crippen LogP contribution in [0.25, 0.3) is 22.1 Å². The van der Waals surface area contributed by atoms with Gasteiger partial charge in [0.2, 0.25) is 0 Å². The lowest BCUT2D eigenvalue weighted by atomic mass is 9.72. The molecular weight excluding hydrogens is 420 g/mol. The van der Waals surface area contributed by atoms with Gasteiger partial charge >= 0.3 is 0 Å². The van der Waals surface area contributed by atoms with E-state index in [1.807, 2.05) is 36.4 Å². The van der Waals surface area contributed by atoms with Crippen LogP contribution in [0.3, 0.4) is 0 Å². The van der Waals surface area contributed by atoms with Crippen LogP contribution in [0.1, 0.15) is 40.5 Å². The van der Waals surface area contributed by atoms with Gasteiger partial charge in [-0.15, -0.1) is 0 Å². The lowest BCUT2D eigenvalue weighted by Crippen LogP contribution is -2.23. The molecule has 6 rings (SSSR count). The van der Waals surface area contributed by atoms with Crippen molar-refractivity contribution in [2.75, 3.05) is 0 Å². The number of hydrogen-bond acceptors (Lipinski definition) is 3. The third-order valence-corrected chi connectivity index (χ3v) is 7.07. The smallest absolute Gasteiger partial charge is 0.290 e. The van der Waals surface area contributed by atoms with Crippen molar-refractivity contribution in [1.82, 2.24) is 0 Å². The maximum Gasteiger partial charge on any atom is 0.290 e. The van der Waals surface area contributed by atoms with Crippen LogP contribution >= 0.6 is 0 Å². The second kappa shape index (κ2) is 8.35. The first-order chi connectivity index (χ1) is 16.7. The van der Waals surface area contributed by atoms with Crippen LogP contribution in [0.5, 0.6) is 5.95 Å². The number of aromatic hydroxyl groups is 1. The maximum absolute atomic E-state index is 13.5. The average Bonchev–Trinajstić information content (AvgIpc) is 2.89. The van der Waals surface area contributed by atoms with E-state index in [1.54, 1.807) is 18.2 Å². The van der Waals surface area contributed by atoms with E-state index < -0.39 is 0 Å². The van der Waals surface area contributed by atoms with E-state index in [0.29, 0.717) is 16.5 Å². The van der Waals surface area contributed by atoms with Crippen molar-refractivity contribution in [1.29, 1.82) is 0 Å². The molecule has 0 aliphatic heterocycles. The van der Waals surface area contributed by atoms with Crippen LogP contribution < -0.4 is 5.43 Å². The molecule has 2 atom stereocenters. The average molecular weight is 445 g/mol. The predicted molar refractivity (Wildman–Crippen MR) is 135 cm³/mol. The Kier molecular flexibility index (Phi) is 5.03. The molecule has 1 N–H and O–H groups in total. The molecule has 0 saturated heterocycles. The number of benzene rings is 4. The molecule has 4 aromatic carbocycles.